The van der Waals surface area contributed by atoms with Crippen LogP contribution in [0.5, 0.6) is 0 Å². The second kappa shape index (κ2) is 8.87. The van der Waals surface area contributed by atoms with E-state index in [4.69, 9.17) is 4.98 Å². The number of unbranched alkanes of at least 4 members (excludes halogenated alkanes) is 7. The fraction of sp³-hybridized carbons (Fsp3) is 0.600. The van der Waals surface area contributed by atoms with Gasteiger partial charge < -0.3 is 0 Å². The molecule has 1 aromatic carbocycles. The van der Waals surface area contributed by atoms with Gasteiger partial charge in [-0.2, -0.15) is 0 Å². The maximum atomic E-state index is 4.77. The molecular weight excluding hydrogens is 268 g/mol. The molecule has 22 heavy (non-hydrogen) atoms. The molecular formula is C20H30N2. The van der Waals surface area contributed by atoms with Crippen molar-refractivity contribution in [3.63, 3.8) is 0 Å². The summed E-state index contributed by atoms with van der Waals surface area (Å²) < 4.78 is 0. The van der Waals surface area contributed by atoms with Gasteiger partial charge in [-0.3, -0.25) is 4.98 Å². The van der Waals surface area contributed by atoms with E-state index in [2.05, 4.69) is 37.9 Å². The molecule has 1 heterocycles. The summed E-state index contributed by atoms with van der Waals surface area (Å²) in [7, 11) is 0. The Hall–Kier alpha value is -1.44. The molecule has 1 aromatic heterocycles. The molecule has 2 nitrogen and oxygen atoms in total. The lowest BCUT2D eigenvalue weighted by atomic mass is 10.1. The van der Waals surface area contributed by atoms with E-state index >= 15 is 0 Å². The first-order valence-electron chi connectivity index (χ1n) is 8.93. The molecule has 0 aliphatic carbocycles. The molecule has 2 rings (SSSR count). The van der Waals surface area contributed by atoms with Gasteiger partial charge in [0.1, 0.15) is 0 Å². The van der Waals surface area contributed by atoms with Gasteiger partial charge in [0, 0.05) is 6.20 Å². The molecule has 120 valence electrons. The SMILES string of the molecule is CCCCCCCCCCc1cnc2cc(C)c(C)cc2n1. The third kappa shape index (κ3) is 5.08. The topological polar surface area (TPSA) is 25.8 Å². The Morgan fingerprint density at radius 1 is 0.773 bits per heavy atom. The van der Waals surface area contributed by atoms with E-state index in [1.807, 2.05) is 6.20 Å². The highest BCUT2D eigenvalue weighted by atomic mass is 14.8. The quantitative estimate of drug-likeness (QED) is 0.536. The molecule has 0 aliphatic heterocycles. The van der Waals surface area contributed by atoms with Crippen molar-refractivity contribution in [2.45, 2.75) is 78.6 Å². The maximum Gasteiger partial charge on any atom is 0.0892 e. The summed E-state index contributed by atoms with van der Waals surface area (Å²) in [6.07, 6.45) is 13.9. The van der Waals surface area contributed by atoms with Crippen molar-refractivity contribution in [3.05, 3.63) is 35.2 Å². The van der Waals surface area contributed by atoms with Crippen LogP contribution in [0.3, 0.4) is 0 Å². The molecule has 0 aliphatic rings. The van der Waals surface area contributed by atoms with E-state index < -0.39 is 0 Å². The number of benzene rings is 1. The number of hydrogen-bond donors (Lipinski definition) is 0. The van der Waals surface area contributed by atoms with Gasteiger partial charge in [-0.25, -0.2) is 4.98 Å². The Balaban J connectivity index is 1.76. The smallest absolute Gasteiger partial charge is 0.0892 e. The van der Waals surface area contributed by atoms with Crippen LogP contribution < -0.4 is 0 Å². The van der Waals surface area contributed by atoms with Gasteiger partial charge in [0.25, 0.3) is 0 Å². The summed E-state index contributed by atoms with van der Waals surface area (Å²) in [4.78, 5) is 9.34. The number of nitrogens with zero attached hydrogens (tertiary/aromatic N) is 2. The molecule has 0 amide bonds. The highest BCUT2D eigenvalue weighted by Crippen LogP contribution is 2.17. The lowest BCUT2D eigenvalue weighted by Crippen LogP contribution is -1.95. The second-order valence-corrected chi connectivity index (χ2v) is 6.51. The van der Waals surface area contributed by atoms with E-state index in [9.17, 15) is 0 Å². The average molecular weight is 298 g/mol. The number of rotatable bonds is 9. The fourth-order valence-corrected chi connectivity index (χ4v) is 2.87. The summed E-state index contributed by atoms with van der Waals surface area (Å²) in [6.45, 7) is 6.54. The number of hydrogen-bond acceptors (Lipinski definition) is 2. The minimum absolute atomic E-state index is 1.02. The standard InChI is InChI=1S/C20H30N2/c1-4-5-6-7-8-9-10-11-12-18-15-21-19-13-16(2)17(3)14-20(19)22-18/h13-15H,4-12H2,1-3H3. The van der Waals surface area contributed by atoms with Crippen LogP contribution in [0.1, 0.15) is 75.1 Å². The number of fused-ring (bicyclic) bond motifs is 1. The van der Waals surface area contributed by atoms with Gasteiger partial charge in [-0.15, -0.1) is 0 Å². The molecule has 0 unspecified atom stereocenters. The van der Waals surface area contributed by atoms with Gasteiger partial charge >= 0.3 is 0 Å². The highest BCUT2D eigenvalue weighted by molar-refractivity contribution is 5.76. The lowest BCUT2D eigenvalue weighted by molar-refractivity contribution is 0.574. The van der Waals surface area contributed by atoms with E-state index in [0.717, 1.165) is 23.1 Å². The molecule has 0 spiro atoms. The van der Waals surface area contributed by atoms with Crippen LogP contribution in [0.15, 0.2) is 18.3 Å². The zero-order chi connectivity index (χ0) is 15.8. The minimum Gasteiger partial charge on any atom is -0.253 e. The first kappa shape index (κ1) is 16.9. The third-order valence-electron chi connectivity index (χ3n) is 4.49. The van der Waals surface area contributed by atoms with Crippen LogP contribution in [-0.2, 0) is 6.42 Å². The van der Waals surface area contributed by atoms with E-state index in [0.29, 0.717) is 0 Å². The van der Waals surface area contributed by atoms with Crippen LogP contribution in [0.25, 0.3) is 11.0 Å². The predicted molar refractivity (Wildman–Crippen MR) is 95.3 cm³/mol. The molecule has 0 N–H and O–H groups in total. The van der Waals surface area contributed by atoms with E-state index in [-0.39, 0.29) is 0 Å². The predicted octanol–water partition coefficient (Wildman–Crippen LogP) is 5.93. The summed E-state index contributed by atoms with van der Waals surface area (Å²) >= 11 is 0. The number of aryl methyl sites for hydroxylation is 3. The van der Waals surface area contributed by atoms with Crippen LogP contribution in [-0.4, -0.2) is 9.97 Å². The van der Waals surface area contributed by atoms with Crippen molar-refractivity contribution in [2.75, 3.05) is 0 Å². The van der Waals surface area contributed by atoms with Gasteiger partial charge in [0.15, 0.2) is 0 Å². The first-order valence-corrected chi connectivity index (χ1v) is 8.93. The summed E-state index contributed by atoms with van der Waals surface area (Å²) in [5, 5.41) is 0. The van der Waals surface area contributed by atoms with Gasteiger partial charge in [-0.1, -0.05) is 51.9 Å². The maximum absolute atomic E-state index is 4.77. The molecule has 0 fully saturated rings. The molecule has 2 heteroatoms. The molecule has 0 saturated carbocycles. The molecule has 0 bridgehead atoms. The highest BCUT2D eigenvalue weighted by Gasteiger charge is 2.03. The Labute approximate surface area is 135 Å². The van der Waals surface area contributed by atoms with Gasteiger partial charge in [-0.05, 0) is 49.9 Å². The minimum atomic E-state index is 1.02. The van der Waals surface area contributed by atoms with Crippen molar-refractivity contribution in [3.8, 4) is 0 Å². The molecule has 2 aromatic rings. The molecule has 0 atom stereocenters. The fourth-order valence-electron chi connectivity index (χ4n) is 2.87. The lowest BCUT2D eigenvalue weighted by Gasteiger charge is -2.05. The van der Waals surface area contributed by atoms with Crippen LogP contribution in [0.4, 0.5) is 0 Å². The second-order valence-electron chi connectivity index (χ2n) is 6.51. The van der Waals surface area contributed by atoms with Crippen LogP contribution in [0, 0.1) is 13.8 Å². The van der Waals surface area contributed by atoms with Crippen molar-refractivity contribution >= 4 is 11.0 Å². The first-order chi connectivity index (χ1) is 10.7. The molecule has 0 radical (unpaired) electrons. The van der Waals surface area contributed by atoms with E-state index in [1.165, 1.54) is 62.5 Å². The summed E-state index contributed by atoms with van der Waals surface area (Å²) in [5.41, 5.74) is 5.79. The Kier molecular flexibility index (Phi) is 6.82. The van der Waals surface area contributed by atoms with Crippen molar-refractivity contribution in [1.29, 1.82) is 0 Å². The van der Waals surface area contributed by atoms with Crippen molar-refractivity contribution in [1.82, 2.24) is 9.97 Å². The van der Waals surface area contributed by atoms with Gasteiger partial charge in [0.05, 0.1) is 16.7 Å². The summed E-state index contributed by atoms with van der Waals surface area (Å²) in [6, 6.07) is 4.30. The van der Waals surface area contributed by atoms with Crippen molar-refractivity contribution < 1.29 is 0 Å². The molecule has 0 saturated heterocycles. The summed E-state index contributed by atoms with van der Waals surface area (Å²) in [5.74, 6) is 0. The van der Waals surface area contributed by atoms with Crippen LogP contribution in [0.2, 0.25) is 0 Å². The van der Waals surface area contributed by atoms with Crippen molar-refractivity contribution in [2.24, 2.45) is 0 Å². The Bertz CT molecular complexity index is 590. The number of aromatic nitrogens is 2. The Morgan fingerprint density at radius 3 is 2.05 bits per heavy atom. The monoisotopic (exact) mass is 298 g/mol. The third-order valence-corrected chi connectivity index (χ3v) is 4.49. The average Bonchev–Trinajstić information content (AvgIpc) is 2.51. The van der Waals surface area contributed by atoms with Crippen LogP contribution >= 0.6 is 0 Å². The largest absolute Gasteiger partial charge is 0.253 e. The zero-order valence-electron chi connectivity index (χ0n) is 14.5. The van der Waals surface area contributed by atoms with E-state index in [1.54, 1.807) is 0 Å². The van der Waals surface area contributed by atoms with Gasteiger partial charge in [0.2, 0.25) is 0 Å². The zero-order valence-corrected chi connectivity index (χ0v) is 14.5. The normalized spacial score (nSPS) is 11.2. The Morgan fingerprint density at radius 2 is 1.36 bits per heavy atom.